The number of aliphatic hydroxyl groups is 1. The number of rotatable bonds is 2. The van der Waals surface area contributed by atoms with E-state index in [4.69, 9.17) is 4.74 Å². The van der Waals surface area contributed by atoms with Crippen molar-refractivity contribution in [1.82, 2.24) is 5.32 Å². The highest BCUT2D eigenvalue weighted by Crippen LogP contribution is 2.33. The molecule has 1 atom stereocenters. The minimum Gasteiger partial charge on any atom is -0.494 e. The van der Waals surface area contributed by atoms with Gasteiger partial charge < -0.3 is 15.2 Å². The van der Waals surface area contributed by atoms with E-state index in [1.807, 2.05) is 0 Å². The maximum absolute atomic E-state index is 14.0. The van der Waals surface area contributed by atoms with E-state index in [-0.39, 0.29) is 5.75 Å². The van der Waals surface area contributed by atoms with E-state index in [0.29, 0.717) is 18.5 Å². The number of methoxy groups -OCH3 is 1. The first-order valence-corrected chi connectivity index (χ1v) is 5.43. The van der Waals surface area contributed by atoms with Gasteiger partial charge in [-0.05, 0) is 25.5 Å². The van der Waals surface area contributed by atoms with E-state index in [1.54, 1.807) is 18.2 Å². The molecule has 1 saturated heterocycles. The lowest BCUT2D eigenvalue weighted by Gasteiger charge is -2.33. The van der Waals surface area contributed by atoms with Gasteiger partial charge in [0.25, 0.3) is 0 Å². The minimum atomic E-state index is -1.11. The summed E-state index contributed by atoms with van der Waals surface area (Å²) in [6.07, 6.45) is 1.41. The highest BCUT2D eigenvalue weighted by Gasteiger charge is 2.34. The molecule has 1 aliphatic rings. The van der Waals surface area contributed by atoms with Crippen molar-refractivity contribution in [3.05, 3.63) is 29.6 Å². The monoisotopic (exact) mass is 225 g/mol. The third-order valence-corrected chi connectivity index (χ3v) is 3.05. The van der Waals surface area contributed by atoms with Crippen molar-refractivity contribution in [2.45, 2.75) is 18.4 Å². The second-order valence-electron chi connectivity index (χ2n) is 4.13. The van der Waals surface area contributed by atoms with Gasteiger partial charge in [-0.2, -0.15) is 0 Å². The Morgan fingerprint density at radius 3 is 2.94 bits per heavy atom. The maximum Gasteiger partial charge on any atom is 0.171 e. The van der Waals surface area contributed by atoms with Crippen LogP contribution in [0.4, 0.5) is 4.39 Å². The van der Waals surface area contributed by atoms with E-state index >= 15 is 0 Å². The van der Waals surface area contributed by atoms with E-state index in [0.717, 1.165) is 13.0 Å². The molecule has 88 valence electrons. The number of piperidine rings is 1. The molecule has 1 heterocycles. The van der Waals surface area contributed by atoms with Gasteiger partial charge in [0.15, 0.2) is 11.6 Å². The number of β-amino-alcohol motifs (C(OH)–C–C–N with tert-alkyl or cyclic N) is 1. The van der Waals surface area contributed by atoms with Crippen molar-refractivity contribution in [2.24, 2.45) is 0 Å². The summed E-state index contributed by atoms with van der Waals surface area (Å²) in [7, 11) is 1.42. The molecule has 1 aromatic carbocycles. The molecule has 3 nitrogen and oxygen atoms in total. The van der Waals surface area contributed by atoms with Crippen LogP contribution in [0.3, 0.4) is 0 Å². The van der Waals surface area contributed by atoms with E-state index in [1.165, 1.54) is 7.11 Å². The van der Waals surface area contributed by atoms with E-state index < -0.39 is 11.4 Å². The van der Waals surface area contributed by atoms with Crippen LogP contribution >= 0.6 is 0 Å². The summed E-state index contributed by atoms with van der Waals surface area (Å²) in [5.41, 5.74) is -0.796. The van der Waals surface area contributed by atoms with Gasteiger partial charge in [0.1, 0.15) is 5.60 Å². The molecule has 0 aliphatic carbocycles. The largest absolute Gasteiger partial charge is 0.494 e. The third kappa shape index (κ3) is 1.90. The first-order valence-electron chi connectivity index (χ1n) is 5.43. The molecule has 0 radical (unpaired) electrons. The van der Waals surface area contributed by atoms with Gasteiger partial charge in [-0.3, -0.25) is 0 Å². The van der Waals surface area contributed by atoms with Crippen molar-refractivity contribution >= 4 is 0 Å². The normalized spacial score (nSPS) is 25.4. The fourth-order valence-electron chi connectivity index (χ4n) is 2.15. The number of hydrogen-bond donors (Lipinski definition) is 2. The van der Waals surface area contributed by atoms with Crippen LogP contribution in [0.2, 0.25) is 0 Å². The van der Waals surface area contributed by atoms with Crippen LogP contribution in [0.1, 0.15) is 18.4 Å². The van der Waals surface area contributed by atoms with E-state index in [2.05, 4.69) is 5.32 Å². The van der Waals surface area contributed by atoms with Crippen molar-refractivity contribution in [3.63, 3.8) is 0 Å². The lowest BCUT2D eigenvalue weighted by atomic mass is 9.86. The maximum atomic E-state index is 14.0. The molecule has 0 bridgehead atoms. The highest BCUT2D eigenvalue weighted by atomic mass is 19.1. The van der Waals surface area contributed by atoms with Crippen LogP contribution in [-0.2, 0) is 5.60 Å². The standard InChI is InChI=1S/C12H16FNO2/c1-16-10-5-2-4-9(11(10)13)12(15)6-3-7-14-8-12/h2,4-5,14-15H,3,6-8H2,1H3. The SMILES string of the molecule is COc1cccc(C2(O)CCCNC2)c1F. The Balaban J connectivity index is 2.38. The zero-order valence-corrected chi connectivity index (χ0v) is 9.29. The first kappa shape index (κ1) is 11.4. The Hall–Kier alpha value is -1.13. The molecule has 0 saturated carbocycles. The van der Waals surface area contributed by atoms with Gasteiger partial charge >= 0.3 is 0 Å². The van der Waals surface area contributed by atoms with Crippen LogP contribution in [0, 0.1) is 5.82 Å². The molecule has 4 heteroatoms. The average molecular weight is 225 g/mol. The summed E-state index contributed by atoms with van der Waals surface area (Å²) in [5, 5.41) is 13.5. The number of benzene rings is 1. The molecule has 2 rings (SSSR count). The molecular weight excluding hydrogens is 209 g/mol. The number of ether oxygens (including phenoxy) is 1. The molecule has 1 aromatic rings. The molecular formula is C12H16FNO2. The van der Waals surface area contributed by atoms with Gasteiger partial charge in [0.05, 0.1) is 7.11 Å². The average Bonchev–Trinajstić information content (AvgIpc) is 2.30. The quantitative estimate of drug-likeness (QED) is 0.799. The molecule has 0 aromatic heterocycles. The summed E-state index contributed by atoms with van der Waals surface area (Å²) in [6.45, 7) is 1.25. The smallest absolute Gasteiger partial charge is 0.171 e. The molecule has 16 heavy (non-hydrogen) atoms. The minimum absolute atomic E-state index is 0.177. The predicted octanol–water partition coefficient (Wildman–Crippen LogP) is 1.41. The van der Waals surface area contributed by atoms with Gasteiger partial charge in [-0.1, -0.05) is 12.1 Å². The third-order valence-electron chi connectivity index (χ3n) is 3.05. The Morgan fingerprint density at radius 1 is 1.50 bits per heavy atom. The zero-order valence-electron chi connectivity index (χ0n) is 9.29. The molecule has 0 spiro atoms. The van der Waals surface area contributed by atoms with Crippen LogP contribution in [-0.4, -0.2) is 25.3 Å². The second-order valence-corrected chi connectivity index (χ2v) is 4.13. The summed E-state index contributed by atoms with van der Waals surface area (Å²) >= 11 is 0. The predicted molar refractivity (Wildman–Crippen MR) is 59.0 cm³/mol. The number of hydrogen-bond acceptors (Lipinski definition) is 3. The molecule has 1 unspecified atom stereocenters. The summed E-state index contributed by atoms with van der Waals surface area (Å²) in [6, 6.07) is 4.87. The number of halogens is 1. The molecule has 1 aliphatic heterocycles. The lowest BCUT2D eigenvalue weighted by Crippen LogP contribution is -2.43. The van der Waals surface area contributed by atoms with Gasteiger partial charge in [-0.25, -0.2) is 4.39 Å². The van der Waals surface area contributed by atoms with Gasteiger partial charge in [0.2, 0.25) is 0 Å². The zero-order chi connectivity index (χ0) is 11.6. The highest BCUT2D eigenvalue weighted by molar-refractivity contribution is 5.35. The summed E-state index contributed by atoms with van der Waals surface area (Å²) in [5.74, 6) is -0.285. The second kappa shape index (κ2) is 4.39. The topological polar surface area (TPSA) is 41.5 Å². The Labute approximate surface area is 94.2 Å². The van der Waals surface area contributed by atoms with Crippen LogP contribution in [0.15, 0.2) is 18.2 Å². The Bertz CT molecular complexity index is 375. The van der Waals surface area contributed by atoms with E-state index in [9.17, 15) is 9.50 Å². The van der Waals surface area contributed by atoms with Gasteiger partial charge in [0, 0.05) is 12.1 Å². The van der Waals surface area contributed by atoms with Crippen LogP contribution in [0.25, 0.3) is 0 Å². The van der Waals surface area contributed by atoms with Crippen LogP contribution in [0.5, 0.6) is 5.75 Å². The first-order chi connectivity index (χ1) is 7.67. The Morgan fingerprint density at radius 2 is 2.31 bits per heavy atom. The summed E-state index contributed by atoms with van der Waals surface area (Å²) < 4.78 is 18.9. The van der Waals surface area contributed by atoms with Gasteiger partial charge in [-0.15, -0.1) is 0 Å². The molecule has 2 N–H and O–H groups in total. The van der Waals surface area contributed by atoms with Crippen molar-refractivity contribution in [2.75, 3.05) is 20.2 Å². The number of nitrogens with one attached hydrogen (secondary N) is 1. The molecule has 0 amide bonds. The van der Waals surface area contributed by atoms with Crippen LogP contribution < -0.4 is 10.1 Å². The van der Waals surface area contributed by atoms with Crippen molar-refractivity contribution in [3.8, 4) is 5.75 Å². The fourth-order valence-corrected chi connectivity index (χ4v) is 2.15. The lowest BCUT2D eigenvalue weighted by molar-refractivity contribution is 0.00872. The van der Waals surface area contributed by atoms with Crippen molar-refractivity contribution < 1.29 is 14.2 Å². The Kier molecular flexibility index (Phi) is 3.12. The fraction of sp³-hybridized carbons (Fsp3) is 0.500. The summed E-state index contributed by atoms with van der Waals surface area (Å²) in [4.78, 5) is 0. The molecule has 1 fully saturated rings. The van der Waals surface area contributed by atoms with Crippen molar-refractivity contribution in [1.29, 1.82) is 0 Å².